The molecule has 2 rings (SSSR count). The third-order valence-electron chi connectivity index (χ3n) is 3.28. The maximum atomic E-state index is 11.9. The minimum absolute atomic E-state index is 0.157. The zero-order valence-corrected chi connectivity index (χ0v) is 12.3. The molecule has 1 atom stereocenters. The molecule has 18 heavy (non-hydrogen) atoms. The van der Waals surface area contributed by atoms with E-state index in [0.717, 1.165) is 11.3 Å². The van der Waals surface area contributed by atoms with E-state index in [0.29, 0.717) is 0 Å². The summed E-state index contributed by atoms with van der Waals surface area (Å²) in [5, 5.41) is -0.157. The SMILES string of the molecule is COC1=C(C)C(=O)C1Sc1c(C)cc(C)cc1C. The fraction of sp³-hybridized carbons (Fsp3) is 0.400. The summed E-state index contributed by atoms with van der Waals surface area (Å²) < 4.78 is 5.30. The molecule has 1 aliphatic carbocycles. The Bertz CT molecular complexity index is 520. The predicted octanol–water partition coefficient (Wildman–Crippen LogP) is 3.58. The summed E-state index contributed by atoms with van der Waals surface area (Å²) in [6.45, 7) is 8.10. The van der Waals surface area contributed by atoms with Crippen LogP contribution in [-0.4, -0.2) is 18.1 Å². The zero-order chi connectivity index (χ0) is 13.4. The first kappa shape index (κ1) is 13.2. The van der Waals surface area contributed by atoms with E-state index in [1.54, 1.807) is 18.9 Å². The van der Waals surface area contributed by atoms with Gasteiger partial charge in [0.15, 0.2) is 5.78 Å². The van der Waals surface area contributed by atoms with E-state index in [1.807, 2.05) is 6.92 Å². The van der Waals surface area contributed by atoms with Crippen LogP contribution in [0.1, 0.15) is 23.6 Å². The van der Waals surface area contributed by atoms with Gasteiger partial charge in [0.05, 0.1) is 7.11 Å². The molecule has 1 aromatic rings. The Balaban J connectivity index is 2.30. The Morgan fingerprint density at radius 3 is 2.17 bits per heavy atom. The molecule has 1 aliphatic rings. The Morgan fingerprint density at radius 2 is 1.67 bits per heavy atom. The predicted molar refractivity (Wildman–Crippen MR) is 75.0 cm³/mol. The van der Waals surface area contributed by atoms with Gasteiger partial charge in [-0.05, 0) is 38.8 Å². The minimum Gasteiger partial charge on any atom is -0.499 e. The molecule has 0 spiro atoms. The maximum Gasteiger partial charge on any atom is 0.182 e. The summed E-state index contributed by atoms with van der Waals surface area (Å²) in [6.07, 6.45) is 0. The number of benzene rings is 1. The molecule has 0 heterocycles. The van der Waals surface area contributed by atoms with E-state index in [-0.39, 0.29) is 11.0 Å². The van der Waals surface area contributed by atoms with Gasteiger partial charge < -0.3 is 4.74 Å². The molecule has 1 aromatic carbocycles. The van der Waals surface area contributed by atoms with Crippen LogP contribution in [-0.2, 0) is 9.53 Å². The fourth-order valence-electron chi connectivity index (χ4n) is 2.39. The molecule has 0 saturated heterocycles. The summed E-state index contributed by atoms with van der Waals surface area (Å²) in [7, 11) is 1.63. The van der Waals surface area contributed by atoms with Crippen molar-refractivity contribution in [3.63, 3.8) is 0 Å². The number of hydrogen-bond donors (Lipinski definition) is 0. The van der Waals surface area contributed by atoms with Crippen LogP contribution in [0.5, 0.6) is 0 Å². The third-order valence-corrected chi connectivity index (χ3v) is 4.82. The number of methoxy groups -OCH3 is 1. The molecule has 0 fully saturated rings. The minimum atomic E-state index is -0.157. The smallest absolute Gasteiger partial charge is 0.182 e. The number of rotatable bonds is 3. The second-order valence-electron chi connectivity index (χ2n) is 4.78. The highest BCUT2D eigenvalue weighted by Crippen LogP contribution is 2.41. The molecule has 0 saturated carbocycles. The molecule has 1 unspecified atom stereocenters. The average Bonchev–Trinajstić information content (AvgIpc) is 2.31. The van der Waals surface area contributed by atoms with Crippen molar-refractivity contribution < 1.29 is 9.53 Å². The summed E-state index contributed by atoms with van der Waals surface area (Å²) in [5.74, 6) is 1.01. The summed E-state index contributed by atoms with van der Waals surface area (Å²) in [5.41, 5.74) is 4.47. The number of ether oxygens (including phenoxy) is 1. The standard InChI is InChI=1S/C15H18O2S/c1-8-6-9(2)14(10(3)7-8)18-15-12(16)11(4)13(15)17-5/h6-7,15H,1-5H3. The summed E-state index contributed by atoms with van der Waals surface area (Å²) >= 11 is 1.60. The highest BCUT2D eigenvalue weighted by atomic mass is 32.2. The number of aryl methyl sites for hydroxylation is 3. The topological polar surface area (TPSA) is 26.3 Å². The molecule has 0 bridgehead atoms. The van der Waals surface area contributed by atoms with E-state index in [9.17, 15) is 4.79 Å². The number of ketones is 1. The van der Waals surface area contributed by atoms with Crippen molar-refractivity contribution in [2.45, 2.75) is 37.8 Å². The van der Waals surface area contributed by atoms with Gasteiger partial charge in [-0.1, -0.05) is 17.7 Å². The Hall–Kier alpha value is -1.22. The molecule has 3 heteroatoms. The maximum absolute atomic E-state index is 11.9. The third kappa shape index (κ3) is 2.07. The molecule has 0 N–H and O–H groups in total. The van der Waals surface area contributed by atoms with E-state index >= 15 is 0 Å². The highest BCUT2D eigenvalue weighted by molar-refractivity contribution is 8.01. The van der Waals surface area contributed by atoms with Crippen LogP contribution in [0.15, 0.2) is 28.4 Å². The molecule has 2 nitrogen and oxygen atoms in total. The zero-order valence-electron chi connectivity index (χ0n) is 11.5. The van der Waals surface area contributed by atoms with Crippen LogP contribution < -0.4 is 0 Å². The van der Waals surface area contributed by atoms with Gasteiger partial charge in [0.25, 0.3) is 0 Å². The summed E-state index contributed by atoms with van der Waals surface area (Å²) in [4.78, 5) is 13.1. The monoisotopic (exact) mass is 262 g/mol. The van der Waals surface area contributed by atoms with E-state index in [4.69, 9.17) is 4.74 Å². The van der Waals surface area contributed by atoms with Crippen molar-refractivity contribution in [3.8, 4) is 0 Å². The van der Waals surface area contributed by atoms with Gasteiger partial charge in [-0.3, -0.25) is 4.79 Å². The second kappa shape index (κ2) is 4.81. The van der Waals surface area contributed by atoms with Crippen molar-refractivity contribution >= 4 is 17.5 Å². The van der Waals surface area contributed by atoms with Crippen LogP contribution in [0.25, 0.3) is 0 Å². The van der Waals surface area contributed by atoms with Crippen molar-refractivity contribution in [2.75, 3.05) is 7.11 Å². The molecule has 96 valence electrons. The Labute approximate surface area is 112 Å². The molecule has 0 radical (unpaired) electrons. The Kier molecular flexibility index (Phi) is 3.53. The number of thioether (sulfide) groups is 1. The lowest BCUT2D eigenvalue weighted by atomic mass is 9.95. The first-order valence-electron chi connectivity index (χ1n) is 5.99. The van der Waals surface area contributed by atoms with Crippen LogP contribution in [0.4, 0.5) is 0 Å². The average molecular weight is 262 g/mol. The lowest BCUT2D eigenvalue weighted by Gasteiger charge is -2.29. The van der Waals surface area contributed by atoms with Crippen LogP contribution in [0.3, 0.4) is 0 Å². The van der Waals surface area contributed by atoms with E-state index in [1.165, 1.54) is 21.6 Å². The highest BCUT2D eigenvalue weighted by Gasteiger charge is 2.39. The van der Waals surface area contributed by atoms with Crippen LogP contribution in [0, 0.1) is 20.8 Å². The molecular formula is C15H18O2S. The van der Waals surface area contributed by atoms with Crippen molar-refractivity contribution in [1.29, 1.82) is 0 Å². The van der Waals surface area contributed by atoms with Gasteiger partial charge in [-0.15, -0.1) is 11.8 Å². The number of carbonyl (C=O) groups excluding carboxylic acids is 1. The number of allylic oxidation sites excluding steroid dienone is 1. The lowest BCUT2D eigenvalue weighted by molar-refractivity contribution is -0.117. The van der Waals surface area contributed by atoms with Crippen molar-refractivity contribution in [2.24, 2.45) is 0 Å². The number of hydrogen-bond acceptors (Lipinski definition) is 3. The van der Waals surface area contributed by atoms with Crippen LogP contribution >= 0.6 is 11.8 Å². The van der Waals surface area contributed by atoms with E-state index < -0.39 is 0 Å². The molecule has 0 amide bonds. The van der Waals surface area contributed by atoms with Gasteiger partial charge in [0.1, 0.15) is 11.0 Å². The normalized spacial score (nSPS) is 18.9. The van der Waals surface area contributed by atoms with Gasteiger partial charge in [0, 0.05) is 10.5 Å². The quantitative estimate of drug-likeness (QED) is 0.833. The number of carbonyl (C=O) groups is 1. The van der Waals surface area contributed by atoms with Crippen molar-refractivity contribution in [1.82, 2.24) is 0 Å². The second-order valence-corrected chi connectivity index (χ2v) is 5.90. The first-order chi connectivity index (χ1) is 8.45. The molecule has 0 aromatic heterocycles. The Morgan fingerprint density at radius 1 is 1.11 bits per heavy atom. The first-order valence-corrected chi connectivity index (χ1v) is 6.87. The largest absolute Gasteiger partial charge is 0.499 e. The molecular weight excluding hydrogens is 244 g/mol. The number of Topliss-reactive ketones (excluding diaryl/α,β-unsaturated/α-hetero) is 1. The van der Waals surface area contributed by atoms with Crippen molar-refractivity contribution in [3.05, 3.63) is 40.2 Å². The van der Waals surface area contributed by atoms with E-state index in [2.05, 4.69) is 32.9 Å². The fourth-order valence-corrected chi connectivity index (χ4v) is 3.78. The summed E-state index contributed by atoms with van der Waals surface area (Å²) in [6, 6.07) is 4.31. The van der Waals surface area contributed by atoms with Gasteiger partial charge in [0.2, 0.25) is 0 Å². The van der Waals surface area contributed by atoms with Crippen LogP contribution in [0.2, 0.25) is 0 Å². The molecule has 0 aliphatic heterocycles. The van der Waals surface area contributed by atoms with Gasteiger partial charge >= 0.3 is 0 Å². The lowest BCUT2D eigenvalue weighted by Crippen LogP contribution is -2.33. The van der Waals surface area contributed by atoms with Gasteiger partial charge in [-0.25, -0.2) is 0 Å². The van der Waals surface area contributed by atoms with Gasteiger partial charge in [-0.2, -0.15) is 0 Å².